The molecule has 2 heterocycles. The number of carbonyl (C=O) groups excluding carboxylic acids is 1. The van der Waals surface area contributed by atoms with E-state index in [0.717, 1.165) is 10.4 Å². The van der Waals surface area contributed by atoms with Crippen molar-refractivity contribution in [3.63, 3.8) is 0 Å². The highest BCUT2D eigenvalue weighted by Gasteiger charge is 2.20. The van der Waals surface area contributed by atoms with Gasteiger partial charge in [0.25, 0.3) is 5.56 Å². The van der Waals surface area contributed by atoms with E-state index in [9.17, 15) is 9.59 Å². The van der Waals surface area contributed by atoms with Crippen molar-refractivity contribution in [2.24, 2.45) is 0 Å². The van der Waals surface area contributed by atoms with E-state index in [-0.39, 0.29) is 5.56 Å². The first-order chi connectivity index (χ1) is 13.8. The van der Waals surface area contributed by atoms with E-state index in [2.05, 4.69) is 9.97 Å². The van der Waals surface area contributed by atoms with Gasteiger partial charge in [-0.15, -0.1) is 11.3 Å². The third-order valence-electron chi connectivity index (χ3n) is 4.51. The van der Waals surface area contributed by atoms with Gasteiger partial charge in [0.15, 0.2) is 23.4 Å². The number of esters is 1. The van der Waals surface area contributed by atoms with Crippen molar-refractivity contribution >= 4 is 27.5 Å². The summed E-state index contributed by atoms with van der Waals surface area (Å²) >= 11 is 1.45. The highest BCUT2D eigenvalue weighted by Crippen LogP contribution is 2.30. The molecule has 3 aromatic rings. The Balaban J connectivity index is 1.84. The Labute approximate surface area is 172 Å². The molecule has 0 saturated carbocycles. The summed E-state index contributed by atoms with van der Waals surface area (Å²) in [5.74, 6) is 0.823. The first-order valence-corrected chi connectivity index (χ1v) is 10.3. The molecular formula is C21H24N2O5S. The maximum atomic E-state index is 12.6. The van der Waals surface area contributed by atoms with Crippen LogP contribution in [0.2, 0.25) is 0 Å². The molecule has 0 fully saturated rings. The first kappa shape index (κ1) is 20.9. The van der Waals surface area contributed by atoms with Gasteiger partial charge in [0, 0.05) is 4.88 Å². The minimum atomic E-state index is -0.718. The summed E-state index contributed by atoms with van der Waals surface area (Å²) in [6, 6.07) is 4.89. The van der Waals surface area contributed by atoms with Gasteiger partial charge in [0.2, 0.25) is 0 Å². The quantitative estimate of drug-likeness (QED) is 0.577. The van der Waals surface area contributed by atoms with Crippen LogP contribution in [0.15, 0.2) is 23.0 Å². The highest BCUT2D eigenvalue weighted by molar-refractivity contribution is 7.18. The second-order valence-corrected chi connectivity index (χ2v) is 7.69. The average molecular weight is 416 g/mol. The molecule has 1 aromatic carbocycles. The van der Waals surface area contributed by atoms with Crippen molar-refractivity contribution < 1.29 is 19.0 Å². The lowest BCUT2D eigenvalue weighted by atomic mass is 10.2. The number of hydrogen-bond acceptors (Lipinski definition) is 7. The Morgan fingerprint density at radius 2 is 1.86 bits per heavy atom. The monoisotopic (exact) mass is 416 g/mol. The minimum Gasteiger partial charge on any atom is -0.490 e. The number of aromatic amines is 1. The number of nitrogens with zero attached hydrogens (tertiary/aromatic N) is 1. The topological polar surface area (TPSA) is 90.5 Å². The highest BCUT2D eigenvalue weighted by atomic mass is 32.1. The largest absolute Gasteiger partial charge is 0.490 e. The molecule has 0 spiro atoms. The van der Waals surface area contributed by atoms with Crippen molar-refractivity contribution in [3.8, 4) is 11.5 Å². The Bertz CT molecular complexity index is 1100. The molecule has 0 radical (unpaired) electrons. The molecular weight excluding hydrogens is 392 g/mol. The van der Waals surface area contributed by atoms with Gasteiger partial charge in [-0.3, -0.25) is 4.79 Å². The van der Waals surface area contributed by atoms with Crippen LogP contribution in [0.25, 0.3) is 10.2 Å². The minimum absolute atomic E-state index is 0.227. The Kier molecular flexibility index (Phi) is 6.22. The molecule has 154 valence electrons. The van der Waals surface area contributed by atoms with Gasteiger partial charge < -0.3 is 19.2 Å². The molecule has 2 aromatic heterocycles. The van der Waals surface area contributed by atoms with Crippen LogP contribution in [0, 0.1) is 13.8 Å². The normalized spacial score (nSPS) is 12.0. The Morgan fingerprint density at radius 1 is 1.17 bits per heavy atom. The standard InChI is InChI=1S/C21H24N2O5S/c1-6-26-15-9-8-14(10-16(15)27-7-2)21(25)28-12(4)18-22-19(24)17-11(3)13(5)29-20(17)23-18/h8-10,12H,6-7H2,1-5H3,(H,22,23,24)/t12-/m1/s1. The predicted octanol–water partition coefficient (Wildman–Crippen LogP) is 4.32. The number of benzene rings is 1. The summed E-state index contributed by atoms with van der Waals surface area (Å²) in [5.41, 5.74) is 1.03. The number of hydrogen-bond donors (Lipinski definition) is 1. The van der Waals surface area contributed by atoms with Gasteiger partial charge in [-0.05, 0) is 58.4 Å². The summed E-state index contributed by atoms with van der Waals surface area (Å²) in [4.78, 5) is 34.0. The second-order valence-electron chi connectivity index (χ2n) is 6.49. The fourth-order valence-electron chi connectivity index (χ4n) is 2.93. The molecule has 0 aliphatic heterocycles. The van der Waals surface area contributed by atoms with E-state index in [1.165, 1.54) is 11.3 Å². The summed E-state index contributed by atoms with van der Waals surface area (Å²) in [6.45, 7) is 10.2. The zero-order valence-electron chi connectivity index (χ0n) is 17.1. The number of ether oxygens (including phenoxy) is 3. The summed E-state index contributed by atoms with van der Waals surface area (Å²) in [5, 5.41) is 0.586. The van der Waals surface area contributed by atoms with Crippen molar-refractivity contribution in [3.05, 3.63) is 50.4 Å². The van der Waals surface area contributed by atoms with E-state index in [4.69, 9.17) is 14.2 Å². The number of aryl methyl sites for hydroxylation is 2. The summed E-state index contributed by atoms with van der Waals surface area (Å²) < 4.78 is 16.6. The number of rotatable bonds is 7. The lowest BCUT2D eigenvalue weighted by Crippen LogP contribution is -2.17. The molecule has 0 aliphatic rings. The molecule has 0 unspecified atom stereocenters. The molecule has 0 aliphatic carbocycles. The number of nitrogens with one attached hydrogen (secondary N) is 1. The first-order valence-electron chi connectivity index (χ1n) is 9.46. The zero-order valence-corrected chi connectivity index (χ0v) is 17.9. The van der Waals surface area contributed by atoms with Crippen molar-refractivity contribution in [2.75, 3.05) is 13.2 Å². The average Bonchev–Trinajstić information content (AvgIpc) is 2.97. The molecule has 0 amide bonds. The van der Waals surface area contributed by atoms with Crippen LogP contribution in [-0.2, 0) is 4.74 Å². The molecule has 0 bridgehead atoms. The van der Waals surface area contributed by atoms with E-state index in [0.29, 0.717) is 46.3 Å². The van der Waals surface area contributed by atoms with Crippen LogP contribution < -0.4 is 15.0 Å². The lowest BCUT2D eigenvalue weighted by Gasteiger charge is -2.15. The molecule has 29 heavy (non-hydrogen) atoms. The van der Waals surface area contributed by atoms with Gasteiger partial charge in [-0.2, -0.15) is 0 Å². The van der Waals surface area contributed by atoms with Crippen LogP contribution in [-0.4, -0.2) is 29.2 Å². The van der Waals surface area contributed by atoms with Crippen molar-refractivity contribution in [2.45, 2.75) is 40.7 Å². The Morgan fingerprint density at radius 3 is 2.55 bits per heavy atom. The number of aromatic nitrogens is 2. The van der Waals surface area contributed by atoms with Crippen LogP contribution in [0.3, 0.4) is 0 Å². The molecule has 7 nitrogen and oxygen atoms in total. The number of H-pyrrole nitrogens is 1. The SMILES string of the molecule is CCOc1ccc(C(=O)O[C@H](C)c2nc3sc(C)c(C)c3c(=O)[nH]2)cc1OCC. The number of thiophene rings is 1. The van der Waals surface area contributed by atoms with Gasteiger partial charge in [0.1, 0.15) is 4.83 Å². The third-order valence-corrected chi connectivity index (χ3v) is 5.61. The van der Waals surface area contributed by atoms with E-state index in [1.54, 1.807) is 25.1 Å². The second kappa shape index (κ2) is 8.65. The van der Waals surface area contributed by atoms with Gasteiger partial charge in [-0.25, -0.2) is 9.78 Å². The van der Waals surface area contributed by atoms with Crippen LogP contribution in [0.5, 0.6) is 11.5 Å². The maximum absolute atomic E-state index is 12.6. The zero-order chi connectivity index (χ0) is 21.1. The smallest absolute Gasteiger partial charge is 0.338 e. The molecule has 0 saturated heterocycles. The maximum Gasteiger partial charge on any atom is 0.338 e. The van der Waals surface area contributed by atoms with Crippen molar-refractivity contribution in [1.82, 2.24) is 9.97 Å². The molecule has 8 heteroatoms. The van der Waals surface area contributed by atoms with Crippen LogP contribution >= 0.6 is 11.3 Å². The van der Waals surface area contributed by atoms with E-state index < -0.39 is 12.1 Å². The number of fused-ring (bicyclic) bond motifs is 1. The van der Waals surface area contributed by atoms with Gasteiger partial charge in [0.05, 0.1) is 24.2 Å². The molecule has 1 N–H and O–H groups in total. The van der Waals surface area contributed by atoms with Crippen LogP contribution in [0.1, 0.15) is 53.5 Å². The van der Waals surface area contributed by atoms with Gasteiger partial charge >= 0.3 is 5.97 Å². The lowest BCUT2D eigenvalue weighted by molar-refractivity contribution is 0.0319. The van der Waals surface area contributed by atoms with Crippen molar-refractivity contribution in [1.29, 1.82) is 0 Å². The summed E-state index contributed by atoms with van der Waals surface area (Å²) in [6.07, 6.45) is -0.718. The van der Waals surface area contributed by atoms with E-state index >= 15 is 0 Å². The van der Waals surface area contributed by atoms with E-state index in [1.807, 2.05) is 27.7 Å². The molecule has 1 atom stereocenters. The van der Waals surface area contributed by atoms with Gasteiger partial charge in [-0.1, -0.05) is 0 Å². The fraction of sp³-hybridized carbons (Fsp3) is 0.381. The fourth-order valence-corrected chi connectivity index (χ4v) is 3.96. The summed E-state index contributed by atoms with van der Waals surface area (Å²) in [7, 11) is 0. The predicted molar refractivity (Wildman–Crippen MR) is 112 cm³/mol. The third kappa shape index (κ3) is 4.27. The van der Waals surface area contributed by atoms with Crippen LogP contribution in [0.4, 0.5) is 0 Å². The molecule has 3 rings (SSSR count). The Hall–Kier alpha value is -2.87. The number of carbonyl (C=O) groups is 1.